The lowest BCUT2D eigenvalue weighted by atomic mass is 10.1. The Balaban J connectivity index is 2.84. The van der Waals surface area contributed by atoms with Crippen LogP contribution in [0.25, 0.3) is 0 Å². The van der Waals surface area contributed by atoms with E-state index in [-0.39, 0.29) is 16.5 Å². The van der Waals surface area contributed by atoms with Crippen LogP contribution < -0.4 is 4.72 Å². The molecule has 0 aromatic heterocycles. The average molecular weight is 280 g/mol. The fraction of sp³-hybridized carbons (Fsp3) is 0.500. The van der Waals surface area contributed by atoms with Crippen LogP contribution in [0.5, 0.6) is 0 Å². The van der Waals surface area contributed by atoms with E-state index in [1.165, 1.54) is 12.1 Å². The Morgan fingerprint density at radius 2 is 1.84 bits per heavy atom. The predicted octanol–water partition coefficient (Wildman–Crippen LogP) is 2.66. The number of nitriles is 1. The number of rotatable bonds is 6. The van der Waals surface area contributed by atoms with Crippen LogP contribution in [-0.4, -0.2) is 14.5 Å². The van der Waals surface area contributed by atoms with Gasteiger partial charge in [0, 0.05) is 6.04 Å². The Bertz CT molecular complexity index is 559. The van der Waals surface area contributed by atoms with Crippen LogP contribution in [0.1, 0.15) is 39.2 Å². The van der Waals surface area contributed by atoms with Crippen LogP contribution in [0, 0.1) is 17.2 Å². The summed E-state index contributed by atoms with van der Waals surface area (Å²) in [7, 11) is -3.62. The quantitative estimate of drug-likeness (QED) is 0.871. The Morgan fingerprint density at radius 3 is 2.42 bits per heavy atom. The molecule has 0 saturated heterocycles. The molecule has 1 rings (SSSR count). The molecule has 0 unspecified atom stereocenters. The molecule has 0 heterocycles. The average Bonchev–Trinajstić information content (AvgIpc) is 2.35. The lowest BCUT2D eigenvalue weighted by Gasteiger charge is -2.15. The molecule has 0 aliphatic heterocycles. The van der Waals surface area contributed by atoms with Gasteiger partial charge in [0.1, 0.15) is 6.07 Å². The molecule has 1 N–H and O–H groups in total. The van der Waals surface area contributed by atoms with Gasteiger partial charge in [-0.05, 0) is 37.8 Å². The topological polar surface area (TPSA) is 70.0 Å². The summed E-state index contributed by atoms with van der Waals surface area (Å²) in [6, 6.07) is 8.00. The van der Waals surface area contributed by atoms with Crippen molar-refractivity contribution in [3.63, 3.8) is 0 Å². The van der Waals surface area contributed by atoms with Gasteiger partial charge >= 0.3 is 0 Å². The highest BCUT2D eigenvalue weighted by Gasteiger charge is 2.20. The van der Waals surface area contributed by atoms with E-state index < -0.39 is 10.0 Å². The highest BCUT2D eigenvalue weighted by atomic mass is 32.2. The molecule has 1 aromatic rings. The van der Waals surface area contributed by atoms with E-state index in [0.717, 1.165) is 12.8 Å². The first-order valence-electron chi connectivity index (χ1n) is 6.38. The molecular formula is C14H20N2O2S. The van der Waals surface area contributed by atoms with Gasteiger partial charge in [0.25, 0.3) is 0 Å². The van der Waals surface area contributed by atoms with Crippen LogP contribution in [-0.2, 0) is 10.0 Å². The molecule has 0 aliphatic carbocycles. The summed E-state index contributed by atoms with van der Waals surface area (Å²) in [6.45, 7) is 6.05. The first-order valence-corrected chi connectivity index (χ1v) is 7.86. The fourth-order valence-corrected chi connectivity index (χ4v) is 3.20. The van der Waals surface area contributed by atoms with Gasteiger partial charge in [-0.1, -0.05) is 26.0 Å². The van der Waals surface area contributed by atoms with E-state index in [0.29, 0.717) is 5.92 Å². The maximum Gasteiger partial charge on any atom is 0.242 e. The van der Waals surface area contributed by atoms with E-state index >= 15 is 0 Å². The van der Waals surface area contributed by atoms with E-state index in [4.69, 9.17) is 5.26 Å². The van der Waals surface area contributed by atoms with Crippen molar-refractivity contribution in [3.05, 3.63) is 29.8 Å². The van der Waals surface area contributed by atoms with E-state index in [9.17, 15) is 8.42 Å². The molecule has 0 bridgehead atoms. The van der Waals surface area contributed by atoms with Crippen molar-refractivity contribution in [1.82, 2.24) is 4.72 Å². The zero-order valence-corrected chi connectivity index (χ0v) is 12.4. The Kier molecular flexibility index (Phi) is 5.52. The molecule has 0 aliphatic rings. The third-order valence-electron chi connectivity index (χ3n) is 2.83. The molecule has 5 heteroatoms. The highest BCUT2D eigenvalue weighted by molar-refractivity contribution is 7.89. The molecule has 0 amide bonds. The fourth-order valence-electron chi connectivity index (χ4n) is 1.76. The number of nitrogens with zero attached hydrogens (tertiary/aromatic N) is 1. The van der Waals surface area contributed by atoms with Crippen LogP contribution in [0.4, 0.5) is 0 Å². The number of hydrogen-bond donors (Lipinski definition) is 1. The van der Waals surface area contributed by atoms with E-state index in [2.05, 4.69) is 18.6 Å². The summed E-state index contributed by atoms with van der Waals surface area (Å²) in [5.74, 6) is 0.540. The molecule has 1 atom stereocenters. The van der Waals surface area contributed by atoms with Gasteiger partial charge < -0.3 is 0 Å². The Labute approximate surface area is 115 Å². The largest absolute Gasteiger partial charge is 0.242 e. The minimum Gasteiger partial charge on any atom is -0.208 e. The standard InChI is InChI=1S/C14H20N2O2S/c1-11(2)8-9-12(3)16-19(17,18)14-7-5-4-6-13(14)10-15/h4-7,11-12,16H,8-9H2,1-3H3/t12-/m1/s1. The van der Waals surface area contributed by atoms with Crippen molar-refractivity contribution >= 4 is 10.0 Å². The monoisotopic (exact) mass is 280 g/mol. The zero-order chi connectivity index (χ0) is 14.5. The molecular weight excluding hydrogens is 260 g/mol. The maximum absolute atomic E-state index is 12.2. The smallest absolute Gasteiger partial charge is 0.208 e. The van der Waals surface area contributed by atoms with Crippen LogP contribution in [0.15, 0.2) is 29.2 Å². The van der Waals surface area contributed by atoms with Crippen LogP contribution in [0.2, 0.25) is 0 Å². The van der Waals surface area contributed by atoms with Gasteiger partial charge in [0.2, 0.25) is 10.0 Å². The first kappa shape index (κ1) is 15.7. The highest BCUT2D eigenvalue weighted by Crippen LogP contribution is 2.16. The zero-order valence-electron chi connectivity index (χ0n) is 11.6. The van der Waals surface area contributed by atoms with E-state index in [1.54, 1.807) is 12.1 Å². The number of benzene rings is 1. The minimum absolute atomic E-state index is 0.0499. The van der Waals surface area contributed by atoms with Crippen molar-refractivity contribution < 1.29 is 8.42 Å². The molecule has 0 radical (unpaired) electrons. The Morgan fingerprint density at radius 1 is 1.21 bits per heavy atom. The van der Waals surface area contributed by atoms with Crippen LogP contribution in [0.3, 0.4) is 0 Å². The summed E-state index contributed by atoms with van der Waals surface area (Å²) in [6.07, 6.45) is 1.75. The van der Waals surface area contributed by atoms with Crippen molar-refractivity contribution in [3.8, 4) is 6.07 Å². The number of sulfonamides is 1. The van der Waals surface area contributed by atoms with Crippen molar-refractivity contribution in [2.24, 2.45) is 5.92 Å². The van der Waals surface area contributed by atoms with Gasteiger partial charge in [-0.3, -0.25) is 0 Å². The van der Waals surface area contributed by atoms with Gasteiger partial charge in [0.05, 0.1) is 10.5 Å². The molecule has 104 valence electrons. The molecule has 0 saturated carbocycles. The molecule has 0 fully saturated rings. The van der Waals surface area contributed by atoms with Crippen molar-refractivity contribution in [2.45, 2.75) is 44.6 Å². The predicted molar refractivity (Wildman–Crippen MR) is 75.0 cm³/mol. The van der Waals surface area contributed by atoms with Crippen molar-refractivity contribution in [2.75, 3.05) is 0 Å². The second-order valence-electron chi connectivity index (χ2n) is 5.10. The molecule has 19 heavy (non-hydrogen) atoms. The van der Waals surface area contributed by atoms with E-state index in [1.807, 2.05) is 13.0 Å². The van der Waals surface area contributed by atoms with Gasteiger partial charge in [0.15, 0.2) is 0 Å². The molecule has 1 aromatic carbocycles. The minimum atomic E-state index is -3.62. The third kappa shape index (κ3) is 4.66. The SMILES string of the molecule is CC(C)CC[C@@H](C)NS(=O)(=O)c1ccccc1C#N. The van der Waals surface area contributed by atoms with Gasteiger partial charge in [-0.2, -0.15) is 5.26 Å². The second-order valence-corrected chi connectivity index (χ2v) is 6.78. The summed E-state index contributed by atoms with van der Waals surface area (Å²) in [4.78, 5) is 0.0499. The lowest BCUT2D eigenvalue weighted by molar-refractivity contribution is 0.485. The summed E-state index contributed by atoms with van der Waals surface area (Å²) >= 11 is 0. The Hall–Kier alpha value is -1.38. The first-order chi connectivity index (χ1) is 8.86. The summed E-state index contributed by atoms with van der Waals surface area (Å²) in [5, 5.41) is 8.95. The summed E-state index contributed by atoms with van der Waals surface area (Å²) in [5.41, 5.74) is 0.172. The van der Waals surface area contributed by atoms with Crippen molar-refractivity contribution in [1.29, 1.82) is 5.26 Å². The number of hydrogen-bond acceptors (Lipinski definition) is 3. The molecule has 4 nitrogen and oxygen atoms in total. The third-order valence-corrected chi connectivity index (χ3v) is 4.48. The van der Waals surface area contributed by atoms with Crippen LogP contribution >= 0.6 is 0 Å². The molecule has 0 spiro atoms. The normalized spacial score (nSPS) is 13.2. The lowest BCUT2D eigenvalue weighted by Crippen LogP contribution is -2.33. The van der Waals surface area contributed by atoms with Gasteiger partial charge in [-0.15, -0.1) is 0 Å². The number of nitrogens with one attached hydrogen (secondary N) is 1. The maximum atomic E-state index is 12.2. The second kappa shape index (κ2) is 6.69. The van der Waals surface area contributed by atoms with Gasteiger partial charge in [-0.25, -0.2) is 13.1 Å². The summed E-state index contributed by atoms with van der Waals surface area (Å²) < 4.78 is 27.0.